The van der Waals surface area contributed by atoms with Crippen molar-refractivity contribution in [2.24, 2.45) is 0 Å². The second kappa shape index (κ2) is 6.34. The van der Waals surface area contributed by atoms with Gasteiger partial charge in [-0.25, -0.2) is 4.79 Å². The van der Waals surface area contributed by atoms with Crippen LogP contribution >= 0.6 is 0 Å². The molecule has 2 aromatic heterocycles. The SMILES string of the molecule is Cc1ccc(NC(=O)c2c(C)cc(C3CCOC3)oc2=O)cn1. The summed E-state index contributed by atoms with van der Waals surface area (Å²) in [5, 5.41) is 2.67. The molecule has 3 heterocycles. The van der Waals surface area contributed by atoms with Gasteiger partial charge in [-0.05, 0) is 44.0 Å². The molecule has 1 fully saturated rings. The van der Waals surface area contributed by atoms with Gasteiger partial charge in [0.25, 0.3) is 5.91 Å². The van der Waals surface area contributed by atoms with Crippen LogP contribution in [0.15, 0.2) is 33.6 Å². The number of carbonyl (C=O) groups excluding carboxylic acids is 1. The summed E-state index contributed by atoms with van der Waals surface area (Å²) in [7, 11) is 0. The standard InChI is InChI=1S/C17H18N2O4/c1-10-7-14(12-5-6-22-9-12)23-17(21)15(10)16(20)19-13-4-3-11(2)18-8-13/h3-4,7-8,12H,5-6,9H2,1-2H3,(H,19,20). The molecule has 0 radical (unpaired) electrons. The molecule has 1 unspecified atom stereocenters. The van der Waals surface area contributed by atoms with E-state index in [1.165, 1.54) is 0 Å². The normalized spacial score (nSPS) is 17.2. The van der Waals surface area contributed by atoms with Crippen molar-refractivity contribution in [3.8, 4) is 0 Å². The first kappa shape index (κ1) is 15.4. The van der Waals surface area contributed by atoms with Gasteiger partial charge < -0.3 is 14.5 Å². The van der Waals surface area contributed by atoms with Gasteiger partial charge >= 0.3 is 5.63 Å². The molecule has 1 aliphatic rings. The zero-order valence-electron chi connectivity index (χ0n) is 13.1. The predicted octanol–water partition coefficient (Wildman–Crippen LogP) is 2.41. The van der Waals surface area contributed by atoms with E-state index in [9.17, 15) is 9.59 Å². The highest BCUT2D eigenvalue weighted by Crippen LogP contribution is 2.25. The number of carbonyl (C=O) groups is 1. The van der Waals surface area contributed by atoms with Crippen LogP contribution in [-0.2, 0) is 4.74 Å². The van der Waals surface area contributed by atoms with Crippen molar-refractivity contribution in [1.82, 2.24) is 4.98 Å². The molecule has 0 saturated carbocycles. The molecule has 1 saturated heterocycles. The molecule has 1 aliphatic heterocycles. The highest BCUT2D eigenvalue weighted by atomic mass is 16.5. The van der Waals surface area contributed by atoms with E-state index >= 15 is 0 Å². The lowest BCUT2D eigenvalue weighted by Gasteiger charge is -2.10. The summed E-state index contributed by atoms with van der Waals surface area (Å²) < 4.78 is 10.6. The average Bonchev–Trinajstić information content (AvgIpc) is 3.03. The van der Waals surface area contributed by atoms with Gasteiger partial charge in [0.15, 0.2) is 0 Å². The van der Waals surface area contributed by atoms with E-state index in [0.29, 0.717) is 30.2 Å². The zero-order chi connectivity index (χ0) is 16.4. The van der Waals surface area contributed by atoms with Crippen molar-refractivity contribution in [1.29, 1.82) is 0 Å². The van der Waals surface area contributed by atoms with E-state index in [1.807, 2.05) is 6.92 Å². The summed E-state index contributed by atoms with van der Waals surface area (Å²) in [5.41, 5.74) is 1.38. The molecule has 1 N–H and O–H groups in total. The third-order valence-corrected chi connectivity index (χ3v) is 3.90. The first-order valence-electron chi connectivity index (χ1n) is 7.51. The number of hydrogen-bond acceptors (Lipinski definition) is 5. The predicted molar refractivity (Wildman–Crippen MR) is 84.8 cm³/mol. The third-order valence-electron chi connectivity index (χ3n) is 3.90. The zero-order valence-corrected chi connectivity index (χ0v) is 13.1. The number of hydrogen-bond donors (Lipinski definition) is 1. The molecule has 0 bridgehead atoms. The topological polar surface area (TPSA) is 81.4 Å². The van der Waals surface area contributed by atoms with E-state index in [-0.39, 0.29) is 11.5 Å². The Bertz CT molecular complexity index is 774. The molecule has 3 rings (SSSR count). The Kier molecular flexibility index (Phi) is 4.25. The van der Waals surface area contributed by atoms with Gasteiger partial charge in [0.05, 0.1) is 18.5 Å². The molecule has 23 heavy (non-hydrogen) atoms. The van der Waals surface area contributed by atoms with Crippen LogP contribution in [0, 0.1) is 13.8 Å². The van der Waals surface area contributed by atoms with Crippen LogP contribution in [0.3, 0.4) is 0 Å². The second-order valence-corrected chi connectivity index (χ2v) is 5.70. The Morgan fingerprint density at radius 1 is 1.35 bits per heavy atom. The van der Waals surface area contributed by atoms with Gasteiger partial charge in [-0.1, -0.05) is 0 Å². The Labute approximate surface area is 133 Å². The van der Waals surface area contributed by atoms with E-state index in [4.69, 9.17) is 9.15 Å². The van der Waals surface area contributed by atoms with Crippen molar-refractivity contribution in [3.05, 3.63) is 57.4 Å². The Balaban J connectivity index is 1.85. The minimum atomic E-state index is -0.621. The number of rotatable bonds is 3. The molecule has 1 amide bonds. The second-order valence-electron chi connectivity index (χ2n) is 5.70. The molecule has 120 valence electrons. The number of ether oxygens (including phenoxy) is 1. The van der Waals surface area contributed by atoms with E-state index in [0.717, 1.165) is 12.1 Å². The molecular formula is C17H18N2O4. The number of aryl methyl sites for hydroxylation is 2. The quantitative estimate of drug-likeness (QED) is 0.941. The van der Waals surface area contributed by atoms with Crippen molar-refractivity contribution in [2.75, 3.05) is 18.5 Å². The minimum Gasteiger partial charge on any atom is -0.427 e. The third kappa shape index (κ3) is 3.32. The maximum Gasteiger partial charge on any atom is 0.349 e. The number of nitrogens with zero attached hydrogens (tertiary/aromatic N) is 1. The fourth-order valence-corrected chi connectivity index (χ4v) is 2.60. The van der Waals surface area contributed by atoms with Crippen molar-refractivity contribution >= 4 is 11.6 Å². The molecule has 6 nitrogen and oxygen atoms in total. The molecule has 0 spiro atoms. The number of nitrogens with one attached hydrogen (secondary N) is 1. The summed E-state index contributed by atoms with van der Waals surface area (Å²) in [6.45, 7) is 4.80. The van der Waals surface area contributed by atoms with E-state index in [2.05, 4.69) is 10.3 Å². The summed E-state index contributed by atoms with van der Waals surface area (Å²) >= 11 is 0. The molecule has 0 aliphatic carbocycles. The fourth-order valence-electron chi connectivity index (χ4n) is 2.60. The lowest BCUT2D eigenvalue weighted by molar-refractivity contribution is 0.102. The van der Waals surface area contributed by atoms with Crippen LogP contribution in [0.5, 0.6) is 0 Å². The average molecular weight is 314 g/mol. The van der Waals surface area contributed by atoms with Crippen LogP contribution in [0.1, 0.15) is 39.7 Å². The molecule has 1 atom stereocenters. The molecule has 0 aromatic carbocycles. The van der Waals surface area contributed by atoms with Crippen molar-refractivity contribution in [2.45, 2.75) is 26.2 Å². The maximum absolute atomic E-state index is 12.3. The van der Waals surface area contributed by atoms with Crippen molar-refractivity contribution in [3.63, 3.8) is 0 Å². The Morgan fingerprint density at radius 2 is 2.17 bits per heavy atom. The monoisotopic (exact) mass is 314 g/mol. The molecule has 6 heteroatoms. The van der Waals surface area contributed by atoms with Crippen LogP contribution in [-0.4, -0.2) is 24.1 Å². The van der Waals surface area contributed by atoms with Gasteiger partial charge in [0, 0.05) is 18.2 Å². The first-order valence-corrected chi connectivity index (χ1v) is 7.51. The largest absolute Gasteiger partial charge is 0.427 e. The Hall–Kier alpha value is -2.47. The lowest BCUT2D eigenvalue weighted by atomic mass is 10.0. The Morgan fingerprint density at radius 3 is 2.78 bits per heavy atom. The molecule has 2 aromatic rings. The summed E-state index contributed by atoms with van der Waals surface area (Å²) in [4.78, 5) is 28.7. The van der Waals surface area contributed by atoms with Gasteiger partial charge in [0.1, 0.15) is 11.3 Å². The number of pyridine rings is 1. The summed E-state index contributed by atoms with van der Waals surface area (Å²) in [5.74, 6) is 0.175. The highest BCUT2D eigenvalue weighted by molar-refractivity contribution is 6.04. The van der Waals surface area contributed by atoms with E-state index in [1.54, 1.807) is 31.3 Å². The summed E-state index contributed by atoms with van der Waals surface area (Å²) in [6.07, 6.45) is 2.37. The smallest absolute Gasteiger partial charge is 0.349 e. The van der Waals surface area contributed by atoms with E-state index < -0.39 is 11.5 Å². The first-order chi connectivity index (χ1) is 11.0. The van der Waals surface area contributed by atoms with Crippen LogP contribution < -0.4 is 10.9 Å². The van der Waals surface area contributed by atoms with Crippen molar-refractivity contribution < 1.29 is 13.9 Å². The van der Waals surface area contributed by atoms with Crippen LogP contribution in [0.25, 0.3) is 0 Å². The maximum atomic E-state index is 12.3. The van der Waals surface area contributed by atoms with Gasteiger partial charge in [-0.15, -0.1) is 0 Å². The highest BCUT2D eigenvalue weighted by Gasteiger charge is 2.24. The number of amides is 1. The fraction of sp³-hybridized carbons (Fsp3) is 0.353. The van der Waals surface area contributed by atoms with Crippen LogP contribution in [0.4, 0.5) is 5.69 Å². The molecular weight excluding hydrogens is 296 g/mol. The number of anilines is 1. The summed E-state index contributed by atoms with van der Waals surface area (Å²) in [6, 6.07) is 5.28. The minimum absolute atomic E-state index is 0.0215. The lowest BCUT2D eigenvalue weighted by Crippen LogP contribution is -2.23. The van der Waals surface area contributed by atoms with Crippen LogP contribution in [0.2, 0.25) is 0 Å². The van der Waals surface area contributed by atoms with Gasteiger partial charge in [-0.3, -0.25) is 9.78 Å². The van der Waals surface area contributed by atoms with Gasteiger partial charge in [-0.2, -0.15) is 0 Å². The van der Waals surface area contributed by atoms with Gasteiger partial charge in [0.2, 0.25) is 0 Å². The number of aromatic nitrogens is 1.